The normalized spacial score (nSPS) is 16.5. The van der Waals surface area contributed by atoms with Gasteiger partial charge < -0.3 is 9.84 Å². The number of benzene rings is 3. The summed E-state index contributed by atoms with van der Waals surface area (Å²) in [6.07, 6.45) is 1.77. The summed E-state index contributed by atoms with van der Waals surface area (Å²) in [6.45, 7) is 0. The van der Waals surface area contributed by atoms with E-state index in [0.29, 0.717) is 20.3 Å². The molecule has 0 aliphatic carbocycles. The number of ether oxygens (including phenoxy) is 1. The van der Waals surface area contributed by atoms with E-state index >= 15 is 0 Å². The number of halogens is 1. The molecule has 1 amide bonds. The topological polar surface area (TPSA) is 62.1 Å². The predicted molar refractivity (Wildman–Crippen MR) is 125 cm³/mol. The average Bonchev–Trinajstić information content (AvgIpc) is 3.06. The number of amides is 1. The van der Waals surface area contributed by atoms with Crippen LogP contribution in [0.15, 0.2) is 87.2 Å². The number of para-hydroxylation sites is 2. The fourth-order valence-electron chi connectivity index (χ4n) is 2.95. The smallest absolute Gasteiger partial charge is 0.271 e. The van der Waals surface area contributed by atoms with Gasteiger partial charge in [-0.25, -0.2) is 4.99 Å². The molecule has 1 fully saturated rings. The van der Waals surface area contributed by atoms with Crippen molar-refractivity contribution < 1.29 is 14.6 Å². The molecule has 0 unspecified atom stereocenters. The molecule has 3 aromatic carbocycles. The van der Waals surface area contributed by atoms with Crippen LogP contribution in [0.4, 0.5) is 11.4 Å². The monoisotopic (exact) mass is 480 g/mol. The Morgan fingerprint density at radius 3 is 2.40 bits per heavy atom. The van der Waals surface area contributed by atoms with Gasteiger partial charge in [-0.05, 0) is 75.7 Å². The number of aliphatic imine (C=N–C) groups is 1. The van der Waals surface area contributed by atoms with Crippen molar-refractivity contribution in [3.8, 4) is 11.5 Å². The second-order valence-electron chi connectivity index (χ2n) is 6.37. The molecule has 150 valence electrons. The number of methoxy groups -OCH3 is 1. The number of amidine groups is 1. The summed E-state index contributed by atoms with van der Waals surface area (Å²) >= 11 is 4.63. The van der Waals surface area contributed by atoms with E-state index in [0.717, 1.165) is 16.9 Å². The highest BCUT2D eigenvalue weighted by atomic mass is 79.9. The van der Waals surface area contributed by atoms with E-state index in [2.05, 4.69) is 15.9 Å². The molecule has 30 heavy (non-hydrogen) atoms. The van der Waals surface area contributed by atoms with Gasteiger partial charge in [0, 0.05) is 0 Å². The molecular weight excluding hydrogens is 464 g/mol. The van der Waals surface area contributed by atoms with Crippen LogP contribution in [-0.4, -0.2) is 23.3 Å². The van der Waals surface area contributed by atoms with Crippen LogP contribution in [0, 0.1) is 0 Å². The molecule has 1 aliphatic heterocycles. The van der Waals surface area contributed by atoms with Crippen LogP contribution in [0.1, 0.15) is 5.56 Å². The molecule has 5 nitrogen and oxygen atoms in total. The first-order valence-corrected chi connectivity index (χ1v) is 10.7. The molecule has 0 aromatic heterocycles. The molecule has 7 heteroatoms. The Hall–Kier alpha value is -3.03. The number of thioether (sulfide) groups is 1. The van der Waals surface area contributed by atoms with Crippen LogP contribution < -0.4 is 9.64 Å². The number of rotatable bonds is 4. The van der Waals surface area contributed by atoms with E-state index in [9.17, 15) is 9.90 Å². The Balaban J connectivity index is 1.78. The number of hydrogen-bond donors (Lipinski definition) is 1. The molecule has 1 aliphatic rings. The number of carbonyl (C=O) groups is 1. The van der Waals surface area contributed by atoms with Gasteiger partial charge in [0.25, 0.3) is 5.91 Å². The van der Waals surface area contributed by atoms with Crippen molar-refractivity contribution in [2.24, 2.45) is 4.99 Å². The van der Waals surface area contributed by atoms with E-state index < -0.39 is 0 Å². The summed E-state index contributed by atoms with van der Waals surface area (Å²) in [7, 11) is 1.48. The zero-order valence-electron chi connectivity index (χ0n) is 15.9. The van der Waals surface area contributed by atoms with E-state index in [1.807, 2.05) is 60.7 Å². The first-order valence-electron chi connectivity index (χ1n) is 9.06. The van der Waals surface area contributed by atoms with Crippen molar-refractivity contribution in [1.82, 2.24) is 0 Å². The van der Waals surface area contributed by atoms with Gasteiger partial charge in [-0.15, -0.1) is 0 Å². The molecule has 0 radical (unpaired) electrons. The van der Waals surface area contributed by atoms with Gasteiger partial charge in [0.15, 0.2) is 16.7 Å². The second-order valence-corrected chi connectivity index (χ2v) is 8.23. The zero-order chi connectivity index (χ0) is 21.1. The standard InChI is InChI=1S/C23H17BrN2O3S/c1-29-19-13-15(12-18(24)21(19)27)14-20-22(28)26(17-10-6-3-7-11-17)23(30-20)25-16-8-4-2-5-9-16/h2-14,27H,1H3/b20-14+,25-23?. The highest BCUT2D eigenvalue weighted by Gasteiger charge is 2.34. The maximum Gasteiger partial charge on any atom is 0.271 e. The molecule has 0 atom stereocenters. The third-order valence-corrected chi connectivity index (χ3v) is 5.94. The lowest BCUT2D eigenvalue weighted by Crippen LogP contribution is -2.28. The number of nitrogens with zero attached hydrogens (tertiary/aromatic N) is 2. The summed E-state index contributed by atoms with van der Waals surface area (Å²) in [5.41, 5.74) is 2.24. The molecule has 1 saturated heterocycles. The van der Waals surface area contributed by atoms with Crippen LogP contribution in [0.25, 0.3) is 6.08 Å². The van der Waals surface area contributed by atoms with E-state index in [-0.39, 0.29) is 11.7 Å². The van der Waals surface area contributed by atoms with Crippen molar-refractivity contribution >= 4 is 56.2 Å². The summed E-state index contributed by atoms with van der Waals surface area (Å²) in [4.78, 5) is 20.1. The van der Waals surface area contributed by atoms with Crippen molar-refractivity contribution in [2.45, 2.75) is 0 Å². The zero-order valence-corrected chi connectivity index (χ0v) is 18.4. The lowest BCUT2D eigenvalue weighted by Gasteiger charge is -2.15. The van der Waals surface area contributed by atoms with Gasteiger partial charge in [0.1, 0.15) is 0 Å². The van der Waals surface area contributed by atoms with Crippen LogP contribution in [0.5, 0.6) is 11.5 Å². The average molecular weight is 481 g/mol. The Bertz CT molecular complexity index is 1150. The summed E-state index contributed by atoms with van der Waals surface area (Å²) in [5.74, 6) is 0.177. The van der Waals surface area contributed by atoms with E-state index in [1.54, 1.807) is 23.1 Å². The van der Waals surface area contributed by atoms with Crippen molar-refractivity contribution in [3.63, 3.8) is 0 Å². The number of anilines is 1. The van der Waals surface area contributed by atoms with Crippen molar-refractivity contribution in [2.75, 3.05) is 12.0 Å². The number of hydrogen-bond acceptors (Lipinski definition) is 5. The molecule has 3 aromatic rings. The second kappa shape index (κ2) is 8.77. The SMILES string of the molecule is COc1cc(/C=C2/SC(=Nc3ccccc3)N(c3ccccc3)C2=O)cc(Br)c1O. The highest BCUT2D eigenvalue weighted by molar-refractivity contribution is 9.10. The molecular formula is C23H17BrN2O3S. The highest BCUT2D eigenvalue weighted by Crippen LogP contribution is 2.40. The number of phenols is 1. The van der Waals surface area contributed by atoms with E-state index in [1.165, 1.54) is 18.9 Å². The number of phenolic OH excluding ortho intramolecular Hbond substituents is 1. The van der Waals surface area contributed by atoms with Crippen LogP contribution in [0.3, 0.4) is 0 Å². The molecule has 0 spiro atoms. The van der Waals surface area contributed by atoms with Gasteiger partial charge in [0.05, 0.1) is 27.9 Å². The van der Waals surface area contributed by atoms with Gasteiger partial charge in [-0.3, -0.25) is 9.69 Å². The van der Waals surface area contributed by atoms with Gasteiger partial charge in [0.2, 0.25) is 0 Å². The third-order valence-electron chi connectivity index (χ3n) is 4.37. The summed E-state index contributed by atoms with van der Waals surface area (Å²) in [5, 5.41) is 10.6. The van der Waals surface area contributed by atoms with Gasteiger partial charge >= 0.3 is 0 Å². The fraction of sp³-hybridized carbons (Fsp3) is 0.0435. The third kappa shape index (κ3) is 4.13. The minimum atomic E-state index is -0.163. The predicted octanol–water partition coefficient (Wildman–Crippen LogP) is 5.97. The Morgan fingerprint density at radius 2 is 1.73 bits per heavy atom. The Labute approximate surface area is 186 Å². The van der Waals surface area contributed by atoms with Crippen LogP contribution >= 0.6 is 27.7 Å². The summed E-state index contributed by atoms with van der Waals surface area (Å²) in [6, 6.07) is 22.4. The fourth-order valence-corrected chi connectivity index (χ4v) is 4.41. The van der Waals surface area contributed by atoms with Crippen LogP contribution in [-0.2, 0) is 4.79 Å². The number of carbonyl (C=O) groups excluding carboxylic acids is 1. The van der Waals surface area contributed by atoms with Crippen molar-refractivity contribution in [1.29, 1.82) is 0 Å². The maximum absolute atomic E-state index is 13.3. The lowest BCUT2D eigenvalue weighted by molar-refractivity contribution is -0.113. The molecule has 0 saturated carbocycles. The molecule has 4 rings (SSSR count). The largest absolute Gasteiger partial charge is 0.503 e. The minimum absolute atomic E-state index is 0.0160. The quantitative estimate of drug-likeness (QED) is 0.467. The lowest BCUT2D eigenvalue weighted by atomic mass is 10.2. The summed E-state index contributed by atoms with van der Waals surface area (Å²) < 4.78 is 5.70. The molecule has 1 N–H and O–H groups in total. The first-order chi connectivity index (χ1) is 14.6. The molecule has 0 bridgehead atoms. The van der Waals surface area contributed by atoms with Gasteiger partial charge in [-0.1, -0.05) is 36.4 Å². The maximum atomic E-state index is 13.3. The Kier molecular flexibility index (Phi) is 5.92. The Morgan fingerprint density at radius 1 is 1.07 bits per heavy atom. The number of aromatic hydroxyl groups is 1. The van der Waals surface area contributed by atoms with E-state index in [4.69, 9.17) is 9.73 Å². The molecule has 1 heterocycles. The minimum Gasteiger partial charge on any atom is -0.503 e. The van der Waals surface area contributed by atoms with Crippen molar-refractivity contribution in [3.05, 3.63) is 87.7 Å². The van der Waals surface area contributed by atoms with Gasteiger partial charge in [-0.2, -0.15) is 0 Å². The van der Waals surface area contributed by atoms with Crippen LogP contribution in [0.2, 0.25) is 0 Å². The first kappa shape index (κ1) is 20.3.